The van der Waals surface area contributed by atoms with E-state index >= 15 is 0 Å². The molecule has 0 aliphatic heterocycles. The van der Waals surface area contributed by atoms with Crippen molar-refractivity contribution < 1.29 is 13.5 Å². The molecule has 6 heteroatoms. The van der Waals surface area contributed by atoms with Gasteiger partial charge in [0.25, 0.3) is 0 Å². The van der Waals surface area contributed by atoms with E-state index in [9.17, 15) is 8.78 Å². The van der Waals surface area contributed by atoms with Crippen LogP contribution in [0, 0.1) is 11.6 Å². The Bertz CT molecular complexity index is 610. The van der Waals surface area contributed by atoms with Gasteiger partial charge in [-0.05, 0) is 34.1 Å². The first kappa shape index (κ1) is 15.1. The van der Waals surface area contributed by atoms with Crippen molar-refractivity contribution in [3.8, 4) is 5.75 Å². The Hall–Kier alpha value is -1.33. The molecule has 0 atom stereocenters. The lowest BCUT2D eigenvalue weighted by Crippen LogP contribution is -2.12. The van der Waals surface area contributed by atoms with Crippen LogP contribution in [0.15, 0.2) is 40.9 Å². The summed E-state index contributed by atoms with van der Waals surface area (Å²) < 4.78 is 32.6. The number of anilines is 1. The van der Waals surface area contributed by atoms with Crippen LogP contribution in [0.2, 0.25) is 5.02 Å². The van der Waals surface area contributed by atoms with Gasteiger partial charge >= 0.3 is 0 Å². The fourth-order valence-electron chi connectivity index (χ4n) is 1.57. The first-order chi connectivity index (χ1) is 9.58. The SMILES string of the molecule is Fc1cc(OCCNc2ccccc2F)c(Br)cc1Cl. The van der Waals surface area contributed by atoms with Crippen LogP contribution in [0.3, 0.4) is 0 Å². The average Bonchev–Trinajstić information content (AvgIpc) is 2.42. The molecule has 0 fully saturated rings. The molecular weight excluding hydrogens is 352 g/mol. The first-order valence-corrected chi connectivity index (χ1v) is 7.01. The van der Waals surface area contributed by atoms with E-state index in [1.807, 2.05) is 0 Å². The summed E-state index contributed by atoms with van der Waals surface area (Å²) in [6, 6.07) is 8.98. The minimum absolute atomic E-state index is 0.0220. The van der Waals surface area contributed by atoms with E-state index in [-0.39, 0.29) is 17.4 Å². The summed E-state index contributed by atoms with van der Waals surface area (Å²) >= 11 is 8.86. The molecule has 0 aromatic heterocycles. The molecule has 1 N–H and O–H groups in total. The van der Waals surface area contributed by atoms with E-state index in [1.54, 1.807) is 18.2 Å². The summed E-state index contributed by atoms with van der Waals surface area (Å²) in [5, 5.41) is 2.92. The van der Waals surface area contributed by atoms with Crippen molar-refractivity contribution in [2.75, 3.05) is 18.5 Å². The van der Waals surface area contributed by atoms with E-state index in [1.165, 1.54) is 18.2 Å². The average molecular weight is 363 g/mol. The normalized spacial score (nSPS) is 10.4. The lowest BCUT2D eigenvalue weighted by molar-refractivity contribution is 0.329. The molecule has 20 heavy (non-hydrogen) atoms. The maximum atomic E-state index is 13.3. The predicted molar refractivity (Wildman–Crippen MR) is 79.5 cm³/mol. The molecule has 0 heterocycles. The van der Waals surface area contributed by atoms with Crippen molar-refractivity contribution in [1.82, 2.24) is 0 Å². The topological polar surface area (TPSA) is 21.3 Å². The molecule has 2 aromatic carbocycles. The number of para-hydroxylation sites is 1. The summed E-state index contributed by atoms with van der Waals surface area (Å²) in [4.78, 5) is 0. The fraction of sp³-hybridized carbons (Fsp3) is 0.143. The van der Waals surface area contributed by atoms with Gasteiger partial charge in [-0.3, -0.25) is 0 Å². The third-order valence-electron chi connectivity index (χ3n) is 2.52. The van der Waals surface area contributed by atoms with E-state index < -0.39 is 5.82 Å². The zero-order valence-electron chi connectivity index (χ0n) is 10.3. The van der Waals surface area contributed by atoms with Crippen LogP contribution in [-0.2, 0) is 0 Å². The molecular formula is C14H11BrClF2NO. The number of hydrogen-bond acceptors (Lipinski definition) is 2. The van der Waals surface area contributed by atoms with Crippen molar-refractivity contribution >= 4 is 33.2 Å². The summed E-state index contributed by atoms with van der Waals surface area (Å²) in [5.41, 5.74) is 0.400. The Morgan fingerprint density at radius 1 is 1.15 bits per heavy atom. The second kappa shape index (κ2) is 6.90. The van der Waals surface area contributed by atoms with Gasteiger partial charge in [0.05, 0.1) is 15.2 Å². The van der Waals surface area contributed by atoms with Crippen LogP contribution in [0.25, 0.3) is 0 Å². The molecule has 0 bridgehead atoms. The minimum atomic E-state index is -0.549. The van der Waals surface area contributed by atoms with Gasteiger partial charge in [-0.25, -0.2) is 8.78 Å². The Kier molecular flexibility index (Phi) is 5.20. The minimum Gasteiger partial charge on any atom is -0.490 e. The highest BCUT2D eigenvalue weighted by molar-refractivity contribution is 9.10. The van der Waals surface area contributed by atoms with E-state index in [0.29, 0.717) is 22.5 Å². The van der Waals surface area contributed by atoms with E-state index in [0.717, 1.165) is 0 Å². The number of hydrogen-bond donors (Lipinski definition) is 1. The van der Waals surface area contributed by atoms with E-state index in [2.05, 4.69) is 21.2 Å². The number of benzene rings is 2. The second-order valence-electron chi connectivity index (χ2n) is 3.95. The van der Waals surface area contributed by atoms with Crippen LogP contribution >= 0.6 is 27.5 Å². The zero-order chi connectivity index (χ0) is 14.5. The van der Waals surface area contributed by atoms with Crippen LogP contribution in [0.1, 0.15) is 0 Å². The highest BCUT2D eigenvalue weighted by atomic mass is 79.9. The molecule has 0 spiro atoms. The van der Waals surface area contributed by atoms with Crippen molar-refractivity contribution in [2.24, 2.45) is 0 Å². The monoisotopic (exact) mass is 361 g/mol. The van der Waals surface area contributed by atoms with Crippen LogP contribution < -0.4 is 10.1 Å². The van der Waals surface area contributed by atoms with Crippen LogP contribution in [0.5, 0.6) is 5.75 Å². The van der Waals surface area contributed by atoms with E-state index in [4.69, 9.17) is 16.3 Å². The molecule has 2 nitrogen and oxygen atoms in total. The van der Waals surface area contributed by atoms with Gasteiger partial charge < -0.3 is 10.1 Å². The van der Waals surface area contributed by atoms with Crippen molar-refractivity contribution in [1.29, 1.82) is 0 Å². The molecule has 2 rings (SSSR count). The van der Waals surface area contributed by atoms with Gasteiger partial charge in [0.2, 0.25) is 0 Å². The van der Waals surface area contributed by atoms with Crippen LogP contribution in [0.4, 0.5) is 14.5 Å². The molecule has 0 saturated heterocycles. The van der Waals surface area contributed by atoms with Gasteiger partial charge in [-0.15, -0.1) is 0 Å². The fourth-order valence-corrected chi connectivity index (χ4v) is 2.32. The van der Waals surface area contributed by atoms with Crippen molar-refractivity contribution in [3.05, 3.63) is 57.5 Å². The second-order valence-corrected chi connectivity index (χ2v) is 5.21. The molecule has 0 saturated carbocycles. The molecule has 0 aliphatic rings. The Balaban J connectivity index is 1.88. The van der Waals surface area contributed by atoms with Gasteiger partial charge in [0, 0.05) is 12.6 Å². The molecule has 0 aliphatic carbocycles. The van der Waals surface area contributed by atoms with Gasteiger partial charge in [-0.1, -0.05) is 23.7 Å². The number of nitrogens with one attached hydrogen (secondary N) is 1. The summed E-state index contributed by atoms with van der Waals surface area (Å²) in [6.45, 7) is 0.644. The maximum absolute atomic E-state index is 13.3. The van der Waals surface area contributed by atoms with Crippen molar-refractivity contribution in [3.63, 3.8) is 0 Å². The third kappa shape index (κ3) is 3.84. The lowest BCUT2D eigenvalue weighted by atomic mass is 10.3. The first-order valence-electron chi connectivity index (χ1n) is 5.83. The summed E-state index contributed by atoms with van der Waals surface area (Å²) in [5.74, 6) is -0.527. The summed E-state index contributed by atoms with van der Waals surface area (Å²) in [7, 11) is 0. The quantitative estimate of drug-likeness (QED) is 0.605. The largest absolute Gasteiger partial charge is 0.490 e. The number of ether oxygens (including phenoxy) is 1. The standard InChI is InChI=1S/C14H11BrClF2NO/c15-9-7-10(16)12(18)8-14(9)20-6-5-19-13-4-2-1-3-11(13)17/h1-4,7-8,19H,5-6H2. The number of halogens is 4. The molecule has 0 radical (unpaired) electrons. The molecule has 2 aromatic rings. The highest BCUT2D eigenvalue weighted by Gasteiger charge is 2.07. The van der Waals surface area contributed by atoms with Crippen LogP contribution in [-0.4, -0.2) is 13.2 Å². The Morgan fingerprint density at radius 2 is 1.90 bits per heavy atom. The Labute approximate surface area is 128 Å². The predicted octanol–water partition coefficient (Wildman–Crippen LogP) is 4.87. The third-order valence-corrected chi connectivity index (χ3v) is 3.43. The zero-order valence-corrected chi connectivity index (χ0v) is 12.6. The molecule has 0 unspecified atom stereocenters. The maximum Gasteiger partial charge on any atom is 0.146 e. The van der Waals surface area contributed by atoms with Gasteiger partial charge in [0.1, 0.15) is 24.0 Å². The molecule has 0 amide bonds. The Morgan fingerprint density at radius 3 is 2.65 bits per heavy atom. The molecule has 106 valence electrons. The highest BCUT2D eigenvalue weighted by Crippen LogP contribution is 2.30. The van der Waals surface area contributed by atoms with Gasteiger partial charge in [0.15, 0.2) is 0 Å². The van der Waals surface area contributed by atoms with Gasteiger partial charge in [-0.2, -0.15) is 0 Å². The number of rotatable bonds is 5. The van der Waals surface area contributed by atoms with Crippen molar-refractivity contribution in [2.45, 2.75) is 0 Å². The lowest BCUT2D eigenvalue weighted by Gasteiger charge is -2.11. The summed E-state index contributed by atoms with van der Waals surface area (Å²) in [6.07, 6.45) is 0. The smallest absolute Gasteiger partial charge is 0.146 e.